The third kappa shape index (κ3) is 2.67. The van der Waals surface area contributed by atoms with Crippen LogP contribution in [0.5, 0.6) is 0 Å². The van der Waals surface area contributed by atoms with Gasteiger partial charge in [0, 0.05) is 23.6 Å². The molecule has 0 bridgehead atoms. The lowest BCUT2D eigenvalue weighted by Gasteiger charge is -1.99. The van der Waals surface area contributed by atoms with E-state index in [0.29, 0.717) is 11.3 Å². The van der Waals surface area contributed by atoms with Crippen molar-refractivity contribution in [1.29, 1.82) is 0 Å². The molecule has 0 spiro atoms. The summed E-state index contributed by atoms with van der Waals surface area (Å²) in [6.07, 6.45) is 0. The van der Waals surface area contributed by atoms with Crippen LogP contribution in [0.2, 0.25) is 0 Å². The van der Waals surface area contributed by atoms with Crippen molar-refractivity contribution in [3.05, 3.63) is 44.3 Å². The Labute approximate surface area is 118 Å². The molecule has 0 aliphatic heterocycles. The fraction of sp³-hybridized carbons (Fsp3) is 0.231. The van der Waals surface area contributed by atoms with E-state index in [-0.39, 0.29) is 16.5 Å². The number of nitro benzene ring substituents is 1. The summed E-state index contributed by atoms with van der Waals surface area (Å²) in [5, 5.41) is 20.6. The summed E-state index contributed by atoms with van der Waals surface area (Å²) in [7, 11) is 0. The van der Waals surface area contributed by atoms with Gasteiger partial charge in [0.1, 0.15) is 4.88 Å². The van der Waals surface area contributed by atoms with Crippen LogP contribution in [0.15, 0.2) is 24.3 Å². The van der Waals surface area contributed by atoms with Gasteiger partial charge >= 0.3 is 5.97 Å². The second-order valence-electron chi connectivity index (χ2n) is 4.49. The van der Waals surface area contributed by atoms with Crippen molar-refractivity contribution < 1.29 is 14.8 Å². The Morgan fingerprint density at radius 2 is 1.95 bits per heavy atom. The Balaban J connectivity index is 2.50. The molecule has 0 saturated heterocycles. The van der Waals surface area contributed by atoms with Crippen LogP contribution in [-0.2, 0) is 0 Å². The number of rotatable bonds is 4. The first-order valence-corrected chi connectivity index (χ1v) is 6.70. The molecule has 1 heterocycles. The molecule has 7 heteroatoms. The Kier molecular flexibility index (Phi) is 3.80. The van der Waals surface area contributed by atoms with Crippen molar-refractivity contribution in [2.45, 2.75) is 19.8 Å². The second-order valence-corrected chi connectivity index (χ2v) is 5.52. The molecule has 2 aromatic rings. The largest absolute Gasteiger partial charge is 0.477 e. The number of carboxylic acids is 1. The number of benzene rings is 1. The molecule has 0 atom stereocenters. The van der Waals surface area contributed by atoms with Gasteiger partial charge in [-0.05, 0) is 12.1 Å². The molecule has 0 aliphatic rings. The second kappa shape index (κ2) is 5.38. The van der Waals surface area contributed by atoms with Gasteiger partial charge in [0.25, 0.3) is 5.69 Å². The zero-order chi connectivity index (χ0) is 14.9. The van der Waals surface area contributed by atoms with Crippen molar-refractivity contribution in [1.82, 2.24) is 4.98 Å². The fourth-order valence-corrected chi connectivity index (χ4v) is 2.59. The van der Waals surface area contributed by atoms with Gasteiger partial charge in [-0.1, -0.05) is 13.8 Å². The van der Waals surface area contributed by atoms with E-state index in [4.69, 9.17) is 0 Å². The maximum absolute atomic E-state index is 11.3. The number of hydrogen-bond donors (Lipinski definition) is 1. The third-order valence-corrected chi connectivity index (χ3v) is 4.03. The van der Waals surface area contributed by atoms with E-state index in [2.05, 4.69) is 4.98 Å². The molecule has 1 aromatic carbocycles. The molecule has 6 nitrogen and oxygen atoms in total. The minimum Gasteiger partial charge on any atom is -0.477 e. The van der Waals surface area contributed by atoms with Gasteiger partial charge in [-0.25, -0.2) is 9.78 Å². The lowest BCUT2D eigenvalue weighted by molar-refractivity contribution is -0.384. The third-order valence-electron chi connectivity index (χ3n) is 2.68. The van der Waals surface area contributed by atoms with Crippen LogP contribution in [0.4, 0.5) is 5.69 Å². The molecule has 0 unspecified atom stereocenters. The zero-order valence-corrected chi connectivity index (χ0v) is 11.7. The molecular formula is C13H12N2O4S. The lowest BCUT2D eigenvalue weighted by Crippen LogP contribution is -1.95. The summed E-state index contributed by atoms with van der Waals surface area (Å²) in [6.45, 7) is 3.87. The highest BCUT2D eigenvalue weighted by Gasteiger charge is 2.20. The Morgan fingerprint density at radius 1 is 1.35 bits per heavy atom. The summed E-state index contributed by atoms with van der Waals surface area (Å²) >= 11 is 1.14. The van der Waals surface area contributed by atoms with E-state index < -0.39 is 10.9 Å². The Hall–Kier alpha value is -2.28. The first-order chi connectivity index (χ1) is 9.40. The van der Waals surface area contributed by atoms with Crippen LogP contribution in [-0.4, -0.2) is 21.0 Å². The highest BCUT2D eigenvalue weighted by molar-refractivity contribution is 7.14. The van der Waals surface area contributed by atoms with E-state index in [1.807, 2.05) is 13.8 Å². The number of nitro groups is 1. The van der Waals surface area contributed by atoms with Crippen LogP contribution < -0.4 is 0 Å². The minimum atomic E-state index is -1.04. The van der Waals surface area contributed by atoms with Crippen LogP contribution in [0, 0.1) is 10.1 Å². The number of non-ortho nitro benzene ring substituents is 1. The van der Waals surface area contributed by atoms with Gasteiger partial charge in [0.05, 0.1) is 15.6 Å². The van der Waals surface area contributed by atoms with Crippen LogP contribution >= 0.6 is 11.3 Å². The molecule has 2 rings (SSSR count). The number of carbonyl (C=O) groups is 1. The summed E-state index contributed by atoms with van der Waals surface area (Å²) in [5.41, 5.74) is 0.891. The smallest absolute Gasteiger partial charge is 0.348 e. The average Bonchev–Trinajstić information content (AvgIpc) is 2.84. The van der Waals surface area contributed by atoms with Gasteiger partial charge < -0.3 is 5.11 Å². The first-order valence-electron chi connectivity index (χ1n) is 5.89. The van der Waals surface area contributed by atoms with Gasteiger partial charge in [-0.15, -0.1) is 11.3 Å². The summed E-state index contributed by atoms with van der Waals surface area (Å²) in [6, 6.07) is 5.72. The number of carboxylic acid groups (broad SMARTS) is 1. The molecule has 0 radical (unpaired) electrons. The van der Waals surface area contributed by atoms with Crippen molar-refractivity contribution in [3.63, 3.8) is 0 Å². The zero-order valence-electron chi connectivity index (χ0n) is 10.9. The number of thiazole rings is 1. The fourth-order valence-electron chi connectivity index (χ4n) is 1.67. The summed E-state index contributed by atoms with van der Waals surface area (Å²) < 4.78 is 0. The summed E-state index contributed by atoms with van der Waals surface area (Å²) in [5.74, 6) is -0.910. The Morgan fingerprint density at radius 3 is 2.40 bits per heavy atom. The number of aromatic nitrogens is 1. The van der Waals surface area contributed by atoms with Gasteiger partial charge in [-0.2, -0.15) is 0 Å². The normalized spacial score (nSPS) is 10.8. The molecule has 1 aromatic heterocycles. The highest BCUT2D eigenvalue weighted by Crippen LogP contribution is 2.32. The molecule has 0 amide bonds. The van der Waals surface area contributed by atoms with Crippen molar-refractivity contribution in [2.75, 3.05) is 0 Å². The molecule has 0 fully saturated rings. The van der Waals surface area contributed by atoms with Crippen LogP contribution in [0.1, 0.15) is 34.4 Å². The molecule has 1 N–H and O–H groups in total. The van der Waals surface area contributed by atoms with Crippen molar-refractivity contribution in [2.24, 2.45) is 0 Å². The molecule has 20 heavy (non-hydrogen) atoms. The highest BCUT2D eigenvalue weighted by atomic mass is 32.1. The monoisotopic (exact) mass is 292 g/mol. The number of aromatic carboxylic acids is 1. The maximum atomic E-state index is 11.3. The topological polar surface area (TPSA) is 93.3 Å². The molecule has 104 valence electrons. The lowest BCUT2D eigenvalue weighted by atomic mass is 10.1. The van der Waals surface area contributed by atoms with Gasteiger partial charge in [-0.3, -0.25) is 10.1 Å². The van der Waals surface area contributed by atoms with E-state index in [9.17, 15) is 20.0 Å². The predicted molar refractivity (Wildman–Crippen MR) is 75.3 cm³/mol. The van der Waals surface area contributed by atoms with E-state index in [1.165, 1.54) is 24.3 Å². The van der Waals surface area contributed by atoms with Crippen molar-refractivity contribution >= 4 is 23.0 Å². The first kappa shape index (κ1) is 14.1. The molecule has 0 aliphatic carbocycles. The van der Waals surface area contributed by atoms with Crippen LogP contribution in [0.25, 0.3) is 11.3 Å². The maximum Gasteiger partial charge on any atom is 0.348 e. The minimum absolute atomic E-state index is 0.0371. The van der Waals surface area contributed by atoms with E-state index in [0.717, 1.165) is 16.3 Å². The SMILES string of the molecule is CC(C)c1nc(-c2ccc([N+](=O)[O-])cc2)c(C(=O)O)s1. The quantitative estimate of drug-likeness (QED) is 0.687. The van der Waals surface area contributed by atoms with Crippen LogP contribution in [0.3, 0.4) is 0 Å². The van der Waals surface area contributed by atoms with E-state index in [1.54, 1.807) is 0 Å². The molecule has 0 saturated carbocycles. The standard InChI is InChI=1S/C13H12N2O4S/c1-7(2)12-14-10(11(20-12)13(16)17)8-3-5-9(6-4-8)15(18)19/h3-7H,1-2H3,(H,16,17). The Bertz CT molecular complexity index is 662. The van der Waals surface area contributed by atoms with E-state index >= 15 is 0 Å². The average molecular weight is 292 g/mol. The van der Waals surface area contributed by atoms with Gasteiger partial charge in [0.2, 0.25) is 0 Å². The number of nitrogens with zero attached hydrogens (tertiary/aromatic N) is 2. The van der Waals surface area contributed by atoms with Gasteiger partial charge in [0.15, 0.2) is 0 Å². The molecular weight excluding hydrogens is 280 g/mol. The number of hydrogen-bond acceptors (Lipinski definition) is 5. The summed E-state index contributed by atoms with van der Waals surface area (Å²) in [4.78, 5) is 25.9. The predicted octanol–water partition coefficient (Wildman–Crippen LogP) is 3.54. The van der Waals surface area contributed by atoms with Crippen molar-refractivity contribution in [3.8, 4) is 11.3 Å².